The van der Waals surface area contributed by atoms with E-state index >= 15 is 0 Å². The number of hydrogen-bond donors (Lipinski definition) is 3. The van der Waals surface area contributed by atoms with Gasteiger partial charge in [0.25, 0.3) is 5.56 Å². The Bertz CT molecular complexity index is 672. The second-order valence-electron chi connectivity index (χ2n) is 4.52. The standard InChI is InChI=1S/C13H13N3O3/c17-12-9-6-10(13(18)19)14-7-11(9)15-16(12)8-4-2-1-3-5-8/h1-5,10,14-15H,6-7H2,(H,18,19). The molecule has 6 heteroatoms. The van der Waals surface area contributed by atoms with Crippen LogP contribution in [0.1, 0.15) is 11.3 Å². The largest absolute Gasteiger partial charge is 0.480 e. The van der Waals surface area contributed by atoms with Crippen molar-refractivity contribution in [1.82, 2.24) is 15.1 Å². The number of aliphatic carboxylic acids is 1. The maximum absolute atomic E-state index is 12.3. The Morgan fingerprint density at radius 1 is 1.32 bits per heavy atom. The molecule has 0 amide bonds. The lowest BCUT2D eigenvalue weighted by molar-refractivity contribution is -0.139. The molecule has 19 heavy (non-hydrogen) atoms. The summed E-state index contributed by atoms with van der Waals surface area (Å²) in [6.45, 7) is 0.362. The summed E-state index contributed by atoms with van der Waals surface area (Å²) in [5.74, 6) is -0.933. The number of nitrogens with zero attached hydrogens (tertiary/aromatic N) is 1. The van der Waals surface area contributed by atoms with Crippen molar-refractivity contribution in [2.24, 2.45) is 0 Å². The third-order valence-corrected chi connectivity index (χ3v) is 3.32. The number of para-hydroxylation sites is 1. The number of H-pyrrole nitrogens is 1. The summed E-state index contributed by atoms with van der Waals surface area (Å²) < 4.78 is 1.45. The molecule has 3 N–H and O–H groups in total. The zero-order chi connectivity index (χ0) is 13.4. The lowest BCUT2D eigenvalue weighted by Crippen LogP contribution is -2.42. The van der Waals surface area contributed by atoms with E-state index in [9.17, 15) is 9.59 Å². The highest BCUT2D eigenvalue weighted by atomic mass is 16.4. The predicted octanol–water partition coefficient (Wildman–Crippen LogP) is 0.265. The first-order valence-electron chi connectivity index (χ1n) is 6.01. The van der Waals surface area contributed by atoms with Crippen LogP contribution in [0.3, 0.4) is 0 Å². The average molecular weight is 259 g/mol. The number of benzene rings is 1. The van der Waals surface area contributed by atoms with Crippen molar-refractivity contribution < 1.29 is 9.90 Å². The second-order valence-corrected chi connectivity index (χ2v) is 4.52. The minimum Gasteiger partial charge on any atom is -0.480 e. The Labute approximate surface area is 108 Å². The number of hydrogen-bond acceptors (Lipinski definition) is 3. The summed E-state index contributed by atoms with van der Waals surface area (Å²) >= 11 is 0. The first-order valence-corrected chi connectivity index (χ1v) is 6.01. The maximum atomic E-state index is 12.3. The molecule has 2 heterocycles. The van der Waals surface area contributed by atoms with Gasteiger partial charge in [0.05, 0.1) is 11.4 Å². The predicted molar refractivity (Wildman–Crippen MR) is 68.4 cm³/mol. The summed E-state index contributed by atoms with van der Waals surface area (Å²) in [4.78, 5) is 23.3. The van der Waals surface area contributed by atoms with Crippen LogP contribution < -0.4 is 10.9 Å². The SMILES string of the molecule is O=C(O)C1Cc2c([nH]n(-c3ccccc3)c2=O)CN1. The number of carboxylic acid groups (broad SMARTS) is 1. The van der Waals surface area contributed by atoms with E-state index in [-0.39, 0.29) is 12.0 Å². The Hall–Kier alpha value is -2.34. The van der Waals surface area contributed by atoms with Crippen LogP contribution in [0.25, 0.3) is 5.69 Å². The molecule has 1 aromatic heterocycles. The molecular formula is C13H13N3O3. The Kier molecular flexibility index (Phi) is 2.72. The summed E-state index contributed by atoms with van der Waals surface area (Å²) in [5.41, 5.74) is 1.88. The van der Waals surface area contributed by atoms with Crippen LogP contribution in [-0.2, 0) is 17.8 Å². The fourth-order valence-electron chi connectivity index (χ4n) is 2.31. The molecule has 0 fully saturated rings. The van der Waals surface area contributed by atoms with Gasteiger partial charge in [-0.15, -0.1) is 0 Å². The topological polar surface area (TPSA) is 87.1 Å². The van der Waals surface area contributed by atoms with Crippen LogP contribution in [-0.4, -0.2) is 26.9 Å². The van der Waals surface area contributed by atoms with Gasteiger partial charge in [0.1, 0.15) is 6.04 Å². The molecule has 98 valence electrons. The number of carbonyl (C=O) groups is 1. The van der Waals surface area contributed by atoms with Crippen LogP contribution in [0.15, 0.2) is 35.1 Å². The van der Waals surface area contributed by atoms with Gasteiger partial charge in [0, 0.05) is 18.5 Å². The van der Waals surface area contributed by atoms with Crippen LogP contribution in [0.4, 0.5) is 0 Å². The van der Waals surface area contributed by atoms with E-state index in [1.807, 2.05) is 30.3 Å². The van der Waals surface area contributed by atoms with E-state index in [1.165, 1.54) is 4.68 Å². The van der Waals surface area contributed by atoms with Gasteiger partial charge < -0.3 is 5.11 Å². The number of carboxylic acids is 1. The molecule has 0 bridgehead atoms. The number of aromatic nitrogens is 2. The highest BCUT2D eigenvalue weighted by Crippen LogP contribution is 2.13. The Morgan fingerprint density at radius 2 is 2.05 bits per heavy atom. The highest BCUT2D eigenvalue weighted by Gasteiger charge is 2.28. The van der Waals surface area contributed by atoms with Crippen molar-refractivity contribution in [1.29, 1.82) is 0 Å². The number of nitrogens with one attached hydrogen (secondary N) is 2. The van der Waals surface area contributed by atoms with Gasteiger partial charge in [-0.2, -0.15) is 0 Å². The van der Waals surface area contributed by atoms with E-state index in [0.29, 0.717) is 12.1 Å². The quantitative estimate of drug-likeness (QED) is 0.722. The van der Waals surface area contributed by atoms with E-state index < -0.39 is 12.0 Å². The Morgan fingerprint density at radius 3 is 2.74 bits per heavy atom. The van der Waals surface area contributed by atoms with E-state index in [0.717, 1.165) is 11.4 Å². The number of aromatic amines is 1. The number of fused-ring (bicyclic) bond motifs is 1. The van der Waals surface area contributed by atoms with Crippen LogP contribution in [0, 0.1) is 0 Å². The van der Waals surface area contributed by atoms with Crippen molar-refractivity contribution in [3.8, 4) is 5.69 Å². The van der Waals surface area contributed by atoms with Crippen LogP contribution >= 0.6 is 0 Å². The highest BCUT2D eigenvalue weighted by molar-refractivity contribution is 5.74. The zero-order valence-corrected chi connectivity index (χ0v) is 10.1. The van der Waals surface area contributed by atoms with Gasteiger partial charge in [-0.3, -0.25) is 20.0 Å². The normalized spacial score (nSPS) is 18.0. The van der Waals surface area contributed by atoms with Crippen molar-refractivity contribution in [3.63, 3.8) is 0 Å². The summed E-state index contributed by atoms with van der Waals surface area (Å²) in [6.07, 6.45) is 0.208. The summed E-state index contributed by atoms with van der Waals surface area (Å²) in [5, 5.41) is 14.9. The third-order valence-electron chi connectivity index (χ3n) is 3.32. The van der Waals surface area contributed by atoms with Gasteiger partial charge in [0.15, 0.2) is 0 Å². The minimum absolute atomic E-state index is 0.172. The Balaban J connectivity index is 2.04. The molecule has 0 saturated heterocycles. The summed E-state index contributed by atoms with van der Waals surface area (Å²) in [6, 6.07) is 8.52. The van der Waals surface area contributed by atoms with Crippen molar-refractivity contribution in [3.05, 3.63) is 51.9 Å². The smallest absolute Gasteiger partial charge is 0.321 e. The van der Waals surface area contributed by atoms with E-state index in [2.05, 4.69) is 10.4 Å². The molecule has 1 aliphatic rings. The molecular weight excluding hydrogens is 246 g/mol. The van der Waals surface area contributed by atoms with Gasteiger partial charge in [0.2, 0.25) is 0 Å². The van der Waals surface area contributed by atoms with Crippen molar-refractivity contribution in [2.75, 3.05) is 0 Å². The maximum Gasteiger partial charge on any atom is 0.321 e. The monoisotopic (exact) mass is 259 g/mol. The molecule has 0 saturated carbocycles. The fraction of sp³-hybridized carbons (Fsp3) is 0.231. The molecule has 1 unspecified atom stereocenters. The molecule has 1 atom stereocenters. The molecule has 0 spiro atoms. The van der Waals surface area contributed by atoms with Gasteiger partial charge in [-0.05, 0) is 12.1 Å². The van der Waals surface area contributed by atoms with Gasteiger partial charge in [-0.1, -0.05) is 18.2 Å². The van der Waals surface area contributed by atoms with Gasteiger partial charge in [-0.25, -0.2) is 4.68 Å². The minimum atomic E-state index is -0.933. The first kappa shape index (κ1) is 11.7. The average Bonchev–Trinajstić information content (AvgIpc) is 2.77. The molecule has 0 aliphatic carbocycles. The second kappa shape index (κ2) is 4.40. The zero-order valence-electron chi connectivity index (χ0n) is 10.1. The van der Waals surface area contributed by atoms with Crippen LogP contribution in [0.5, 0.6) is 0 Å². The lowest BCUT2D eigenvalue weighted by atomic mass is 10.0. The first-order chi connectivity index (χ1) is 9.16. The molecule has 1 aliphatic heterocycles. The van der Waals surface area contributed by atoms with E-state index in [4.69, 9.17) is 5.11 Å². The fourth-order valence-corrected chi connectivity index (χ4v) is 2.31. The van der Waals surface area contributed by atoms with Crippen LogP contribution in [0.2, 0.25) is 0 Å². The molecule has 1 aromatic carbocycles. The van der Waals surface area contributed by atoms with E-state index in [1.54, 1.807) is 0 Å². The summed E-state index contributed by atoms with van der Waals surface area (Å²) in [7, 11) is 0. The lowest BCUT2D eigenvalue weighted by Gasteiger charge is -2.18. The molecule has 2 aromatic rings. The number of rotatable bonds is 2. The third kappa shape index (κ3) is 1.96. The molecule has 0 radical (unpaired) electrons. The van der Waals surface area contributed by atoms with Crippen molar-refractivity contribution in [2.45, 2.75) is 19.0 Å². The van der Waals surface area contributed by atoms with Crippen molar-refractivity contribution >= 4 is 5.97 Å². The molecule has 6 nitrogen and oxygen atoms in total. The molecule has 3 rings (SSSR count). The van der Waals surface area contributed by atoms with Gasteiger partial charge >= 0.3 is 5.97 Å².